The fourth-order valence-corrected chi connectivity index (χ4v) is 11.4. The normalized spacial score (nSPS) is 14.7. The second-order valence-corrected chi connectivity index (χ2v) is 20.8. The summed E-state index contributed by atoms with van der Waals surface area (Å²) in [6.45, 7) is 21.1. The van der Waals surface area contributed by atoms with Crippen LogP contribution in [0, 0.1) is 0 Å². The van der Waals surface area contributed by atoms with Gasteiger partial charge in [-0.15, -0.1) is 11.3 Å². The van der Waals surface area contributed by atoms with Gasteiger partial charge in [-0.05, 0) is 153 Å². The number of aryl methyl sites for hydroxylation is 2. The van der Waals surface area contributed by atoms with Crippen molar-refractivity contribution < 1.29 is 0 Å². The highest BCUT2D eigenvalue weighted by molar-refractivity contribution is 7.33. The minimum absolute atomic E-state index is 0.0172. The maximum atomic E-state index is 2.65. The van der Waals surface area contributed by atoms with Crippen LogP contribution in [-0.2, 0) is 30.1 Å². The molecular formula is C55H57BN2S. The molecule has 6 aromatic carbocycles. The van der Waals surface area contributed by atoms with E-state index in [-0.39, 0.29) is 17.5 Å². The summed E-state index contributed by atoms with van der Waals surface area (Å²) in [5, 5.41) is 1.35. The summed E-state index contributed by atoms with van der Waals surface area (Å²) in [5.74, 6) is 0.413. The lowest BCUT2D eigenvalue weighted by atomic mass is 9.36. The number of nitrogens with zero attached hydrogens (tertiary/aromatic N) is 2. The van der Waals surface area contributed by atoms with Gasteiger partial charge in [0.05, 0.1) is 11.4 Å². The third-order valence-corrected chi connectivity index (χ3v) is 14.8. The number of fused-ring (bicyclic) bond motifs is 7. The molecule has 0 atom stereocenters. The quantitative estimate of drug-likeness (QED) is 0.160. The molecule has 0 saturated heterocycles. The summed E-state index contributed by atoms with van der Waals surface area (Å²) in [6.07, 6.45) is 5.85. The van der Waals surface area contributed by atoms with E-state index in [0.29, 0.717) is 5.92 Å². The van der Waals surface area contributed by atoms with E-state index in [4.69, 9.17) is 0 Å². The van der Waals surface area contributed by atoms with Crippen molar-refractivity contribution in [2.75, 3.05) is 9.80 Å². The molecule has 296 valence electrons. The molecule has 3 heterocycles. The van der Waals surface area contributed by atoms with Gasteiger partial charge < -0.3 is 9.80 Å². The molecule has 0 spiro atoms. The zero-order valence-corrected chi connectivity index (χ0v) is 37.3. The Kier molecular flexibility index (Phi) is 9.07. The van der Waals surface area contributed by atoms with E-state index in [0.717, 1.165) is 12.8 Å². The van der Waals surface area contributed by atoms with Crippen molar-refractivity contribution in [2.24, 2.45) is 0 Å². The zero-order valence-electron chi connectivity index (χ0n) is 36.5. The summed E-state index contributed by atoms with van der Waals surface area (Å²) in [4.78, 5) is 5.26. The Morgan fingerprint density at radius 2 is 1.32 bits per heavy atom. The number of rotatable bonds is 5. The molecule has 1 aromatic heterocycles. The molecule has 0 saturated carbocycles. The predicted molar refractivity (Wildman–Crippen MR) is 259 cm³/mol. The molecule has 0 amide bonds. The van der Waals surface area contributed by atoms with E-state index in [1.807, 2.05) is 11.3 Å². The lowest BCUT2D eigenvalue weighted by Crippen LogP contribution is -2.60. The van der Waals surface area contributed by atoms with Crippen LogP contribution in [0.1, 0.15) is 114 Å². The summed E-state index contributed by atoms with van der Waals surface area (Å²) in [7, 11) is 0. The fourth-order valence-electron chi connectivity index (χ4n) is 10.1. The van der Waals surface area contributed by atoms with Gasteiger partial charge in [0.25, 0.3) is 6.71 Å². The first-order valence-corrected chi connectivity index (χ1v) is 22.9. The highest BCUT2D eigenvalue weighted by atomic mass is 32.1. The molecule has 2 nitrogen and oxygen atoms in total. The molecule has 59 heavy (non-hydrogen) atoms. The maximum Gasteiger partial charge on any atom is 0.264 e. The summed E-state index contributed by atoms with van der Waals surface area (Å²) >= 11 is 2.00. The first-order chi connectivity index (χ1) is 28.3. The van der Waals surface area contributed by atoms with E-state index in [1.54, 1.807) is 0 Å². The van der Waals surface area contributed by atoms with Crippen molar-refractivity contribution in [3.05, 3.63) is 149 Å². The van der Waals surface area contributed by atoms with Crippen molar-refractivity contribution in [1.82, 2.24) is 0 Å². The Morgan fingerprint density at radius 1 is 0.644 bits per heavy atom. The van der Waals surface area contributed by atoms with E-state index >= 15 is 0 Å². The van der Waals surface area contributed by atoms with Crippen molar-refractivity contribution in [3.63, 3.8) is 0 Å². The molecule has 7 aromatic rings. The van der Waals surface area contributed by atoms with Crippen LogP contribution >= 0.6 is 11.3 Å². The molecule has 0 N–H and O–H groups in total. The summed E-state index contributed by atoms with van der Waals surface area (Å²) in [5.41, 5.74) is 21.8. The highest BCUT2D eigenvalue weighted by Crippen LogP contribution is 2.50. The third-order valence-electron chi connectivity index (χ3n) is 13.5. The summed E-state index contributed by atoms with van der Waals surface area (Å²) < 4.78 is 2.79. The second kappa shape index (κ2) is 14.0. The van der Waals surface area contributed by atoms with Gasteiger partial charge in [0.15, 0.2) is 0 Å². The van der Waals surface area contributed by atoms with Gasteiger partial charge in [-0.1, -0.05) is 123 Å². The largest absolute Gasteiger partial charge is 0.311 e. The lowest BCUT2D eigenvalue weighted by molar-refractivity contribution is 0.590. The minimum Gasteiger partial charge on any atom is -0.311 e. The van der Waals surface area contributed by atoms with E-state index in [1.165, 1.54) is 124 Å². The van der Waals surface area contributed by atoms with Crippen LogP contribution < -0.4 is 25.5 Å². The molecule has 0 fully saturated rings. The Labute approximate surface area is 357 Å². The third kappa shape index (κ3) is 6.19. The predicted octanol–water partition coefficient (Wildman–Crippen LogP) is 13.8. The minimum atomic E-state index is 0.0172. The topological polar surface area (TPSA) is 6.48 Å². The van der Waals surface area contributed by atoms with Gasteiger partial charge in [-0.25, -0.2) is 0 Å². The molecule has 4 heteroatoms. The van der Waals surface area contributed by atoms with Crippen molar-refractivity contribution in [1.29, 1.82) is 0 Å². The van der Waals surface area contributed by atoms with Gasteiger partial charge >= 0.3 is 0 Å². The number of hydrogen-bond donors (Lipinski definition) is 0. The SMILES string of the molecule is CCc1ccc(N2c3cccc4c3B(c3cc(C(C)C)ccc3N4c3ccc(C(C)(C)C)cc3-c3cccc4c3CCCC4)c3sc4ccc(C(C)(C)C)cc4c32)cc1. The van der Waals surface area contributed by atoms with Gasteiger partial charge in [0.1, 0.15) is 0 Å². The Balaban J connectivity index is 1.30. The zero-order chi connectivity index (χ0) is 41.0. The molecular weight excluding hydrogens is 731 g/mol. The van der Waals surface area contributed by atoms with Crippen LogP contribution in [0.4, 0.5) is 34.1 Å². The van der Waals surface area contributed by atoms with Crippen molar-refractivity contribution in [2.45, 2.75) is 111 Å². The first kappa shape index (κ1) is 38.2. The molecule has 0 radical (unpaired) electrons. The van der Waals surface area contributed by atoms with E-state index in [2.05, 4.69) is 187 Å². The molecule has 10 rings (SSSR count). The Hall–Kier alpha value is -5.06. The number of anilines is 6. The monoisotopic (exact) mass is 788 g/mol. The average Bonchev–Trinajstić information content (AvgIpc) is 3.61. The van der Waals surface area contributed by atoms with Crippen molar-refractivity contribution >= 4 is 78.0 Å². The average molecular weight is 789 g/mol. The molecule has 2 aliphatic heterocycles. The van der Waals surface area contributed by atoms with E-state index in [9.17, 15) is 0 Å². The van der Waals surface area contributed by atoms with Crippen LogP contribution in [-0.4, -0.2) is 6.71 Å². The van der Waals surface area contributed by atoms with E-state index < -0.39 is 0 Å². The van der Waals surface area contributed by atoms with Gasteiger partial charge in [-0.2, -0.15) is 0 Å². The molecule has 1 aliphatic carbocycles. The van der Waals surface area contributed by atoms with Crippen molar-refractivity contribution in [3.8, 4) is 11.1 Å². The molecule has 0 unspecified atom stereocenters. The Morgan fingerprint density at radius 3 is 2.05 bits per heavy atom. The van der Waals surface area contributed by atoms with Gasteiger partial charge in [0, 0.05) is 43.2 Å². The fraction of sp³-hybridized carbons (Fsp3) is 0.309. The van der Waals surface area contributed by atoms with Crippen LogP contribution in [0.5, 0.6) is 0 Å². The molecule has 0 bridgehead atoms. The number of hydrogen-bond acceptors (Lipinski definition) is 3. The second-order valence-electron chi connectivity index (χ2n) is 19.7. The molecule has 3 aliphatic rings. The van der Waals surface area contributed by atoms with Crippen LogP contribution in [0.25, 0.3) is 21.2 Å². The Bertz CT molecular complexity index is 2780. The van der Waals surface area contributed by atoms with Gasteiger partial charge in [0.2, 0.25) is 0 Å². The lowest BCUT2D eigenvalue weighted by Gasteiger charge is -2.44. The highest BCUT2D eigenvalue weighted by Gasteiger charge is 2.45. The standard InChI is InChI=1S/C55H57BN2S/c1-10-35-21-26-40(27-22-35)57-48-19-14-20-49-51(48)56(53-52(57)44-33-39(55(7,8)9)25-30-50(44)59-53)45-31-37(34(2)3)23-28-47(45)58(49)46-29-24-38(54(4,5)6)32-43(46)42-18-13-16-36-15-11-12-17-41(36)42/h13-14,16,18-34H,10-12,15,17H2,1-9H3. The van der Waals surface area contributed by atoms with Crippen LogP contribution in [0.3, 0.4) is 0 Å². The number of thiophene rings is 1. The maximum absolute atomic E-state index is 2.65. The van der Waals surface area contributed by atoms with Gasteiger partial charge in [-0.3, -0.25) is 0 Å². The first-order valence-electron chi connectivity index (χ1n) is 22.1. The van der Waals surface area contributed by atoms with Crippen LogP contribution in [0.2, 0.25) is 0 Å². The number of benzene rings is 6. The van der Waals surface area contributed by atoms with Crippen LogP contribution in [0.15, 0.2) is 115 Å². The summed E-state index contributed by atoms with van der Waals surface area (Å²) in [6, 6.07) is 45.6. The smallest absolute Gasteiger partial charge is 0.264 e.